The molecule has 3 aromatic carbocycles. The maximum Gasteiger partial charge on any atom is 0.269 e. The lowest BCUT2D eigenvalue weighted by molar-refractivity contribution is -0.385. The molecule has 5 atom stereocenters. The molecule has 51 heavy (non-hydrogen) atoms. The lowest BCUT2D eigenvalue weighted by Crippen LogP contribution is -2.45. The number of nitro benzene ring substituents is 1. The Morgan fingerprint density at radius 3 is 2.59 bits per heavy atom. The zero-order valence-electron chi connectivity index (χ0n) is 28.8. The van der Waals surface area contributed by atoms with Crippen LogP contribution in [0, 0.1) is 16.0 Å². The summed E-state index contributed by atoms with van der Waals surface area (Å²) in [6.07, 6.45) is 2.66. The van der Waals surface area contributed by atoms with E-state index in [-0.39, 0.29) is 30.7 Å². The first-order valence-corrected chi connectivity index (χ1v) is 20.3. The second-order valence-corrected chi connectivity index (χ2v) is 18.1. The van der Waals surface area contributed by atoms with E-state index in [0.717, 1.165) is 23.2 Å². The summed E-state index contributed by atoms with van der Waals surface area (Å²) in [5.74, 6) is -1.34. The maximum absolute atomic E-state index is 16.4. The van der Waals surface area contributed by atoms with Gasteiger partial charge in [-0.3, -0.25) is 24.4 Å². The number of rotatable bonds is 11. The number of ether oxygens (including phenoxy) is 1. The fourth-order valence-electron chi connectivity index (χ4n) is 8.40. The van der Waals surface area contributed by atoms with E-state index in [9.17, 15) is 24.8 Å². The average Bonchev–Trinajstić information content (AvgIpc) is 3.87. The standard InChI is InChI=1S/C37H41FN6O6Si/c1-24-35(51(2,3)38)33(16-18-41-22-31(39-40-41)29(23-45)26-10-5-4-6-11-26)50-37(24)30-20-28(44(48)49)14-15-32(30)43(36(37)47)21-25-9-7-12-27(19-25)42-17-8-13-34(42)46/h4-7,9-12,14-15,19-20,22,24,29,33,35,45H,8,13,16-18,21,23H2,1-3H3/t24-,29?,33+,35-,37+/m0/s1. The number of aliphatic hydroxyl groups is 1. The molecule has 3 aliphatic heterocycles. The van der Waals surface area contributed by atoms with Crippen LogP contribution in [0.5, 0.6) is 0 Å². The van der Waals surface area contributed by atoms with Gasteiger partial charge in [0.25, 0.3) is 11.6 Å². The number of aryl methyl sites for hydroxylation is 1. The molecule has 2 fully saturated rings. The number of fused-ring (bicyclic) bond motifs is 2. The molecule has 7 rings (SSSR count). The molecule has 1 N–H and O–H groups in total. The number of benzene rings is 3. The van der Waals surface area contributed by atoms with Gasteiger partial charge in [-0.2, -0.15) is 0 Å². The van der Waals surface area contributed by atoms with E-state index in [0.29, 0.717) is 42.9 Å². The van der Waals surface area contributed by atoms with Gasteiger partial charge in [-0.05, 0) is 55.3 Å². The lowest BCUT2D eigenvalue weighted by Gasteiger charge is -2.31. The van der Waals surface area contributed by atoms with E-state index in [2.05, 4.69) is 10.3 Å². The van der Waals surface area contributed by atoms with Gasteiger partial charge in [0.15, 0.2) is 5.60 Å². The molecular formula is C37H41FN6O6Si. The minimum Gasteiger partial charge on any atom is -0.395 e. The number of nitro groups is 1. The van der Waals surface area contributed by atoms with Crippen molar-refractivity contribution in [1.82, 2.24) is 15.0 Å². The molecule has 4 heterocycles. The van der Waals surface area contributed by atoms with Crippen molar-refractivity contribution in [3.63, 3.8) is 0 Å². The van der Waals surface area contributed by atoms with Crippen LogP contribution in [0.4, 0.5) is 21.2 Å². The summed E-state index contributed by atoms with van der Waals surface area (Å²) < 4.78 is 24.9. The molecule has 3 aliphatic rings. The third-order valence-electron chi connectivity index (χ3n) is 10.7. The van der Waals surface area contributed by atoms with Crippen molar-refractivity contribution in [1.29, 1.82) is 0 Å². The summed E-state index contributed by atoms with van der Waals surface area (Å²) >= 11 is 0. The molecule has 1 unspecified atom stereocenters. The predicted molar refractivity (Wildman–Crippen MR) is 190 cm³/mol. The molecule has 1 spiro atoms. The van der Waals surface area contributed by atoms with Crippen LogP contribution in [0.2, 0.25) is 18.6 Å². The summed E-state index contributed by atoms with van der Waals surface area (Å²) in [7, 11) is -3.50. The van der Waals surface area contributed by atoms with E-state index in [4.69, 9.17) is 4.74 Å². The minimum absolute atomic E-state index is 0.0517. The molecule has 2 amide bonds. The molecule has 4 aromatic rings. The van der Waals surface area contributed by atoms with Crippen molar-refractivity contribution in [2.45, 2.75) is 75.5 Å². The third kappa shape index (κ3) is 6.14. The highest BCUT2D eigenvalue weighted by molar-refractivity contribution is 6.72. The number of aromatic nitrogens is 3. The maximum atomic E-state index is 16.4. The van der Waals surface area contributed by atoms with Crippen LogP contribution in [0.1, 0.15) is 54.5 Å². The Morgan fingerprint density at radius 2 is 1.90 bits per heavy atom. The third-order valence-corrected chi connectivity index (χ3v) is 13.2. The SMILES string of the molecule is C[C@H]1[C@H]([Si](C)(C)F)[C@@H](CCn2cc(C(CO)c3ccccc3)nn2)O[C@]12C(=O)N(Cc1cccc(N3CCCC3=O)c1)c1ccc([N+](=O)[O-])cc12. The van der Waals surface area contributed by atoms with Crippen LogP contribution in [0.15, 0.2) is 79.0 Å². The number of aliphatic hydroxyl groups excluding tert-OH is 1. The highest BCUT2D eigenvalue weighted by Gasteiger charge is 2.67. The summed E-state index contributed by atoms with van der Waals surface area (Å²) in [4.78, 5) is 42.1. The zero-order valence-corrected chi connectivity index (χ0v) is 29.8. The van der Waals surface area contributed by atoms with Gasteiger partial charge in [-0.1, -0.05) is 54.6 Å². The van der Waals surface area contributed by atoms with Gasteiger partial charge in [0.05, 0.1) is 41.5 Å². The normalized spacial score (nSPS) is 23.7. The van der Waals surface area contributed by atoms with Gasteiger partial charge < -0.3 is 23.8 Å². The zero-order chi connectivity index (χ0) is 36.1. The van der Waals surface area contributed by atoms with Gasteiger partial charge in [0.1, 0.15) is 0 Å². The Balaban J connectivity index is 1.20. The fourth-order valence-corrected chi connectivity index (χ4v) is 10.9. The number of non-ortho nitro benzene ring substituents is 1. The number of amides is 2. The molecule has 14 heteroatoms. The Labute approximate surface area is 296 Å². The van der Waals surface area contributed by atoms with Gasteiger partial charge in [0, 0.05) is 60.5 Å². The van der Waals surface area contributed by atoms with Crippen LogP contribution in [-0.4, -0.2) is 64.5 Å². The molecule has 0 saturated carbocycles. The molecular weight excluding hydrogens is 672 g/mol. The van der Waals surface area contributed by atoms with Gasteiger partial charge in [-0.15, -0.1) is 5.10 Å². The van der Waals surface area contributed by atoms with Crippen molar-refractivity contribution in [3.05, 3.63) is 111 Å². The number of nitrogens with zero attached hydrogens (tertiary/aromatic N) is 6. The Morgan fingerprint density at radius 1 is 1.12 bits per heavy atom. The largest absolute Gasteiger partial charge is 0.395 e. The van der Waals surface area contributed by atoms with Gasteiger partial charge in [0.2, 0.25) is 14.3 Å². The number of hydrogen-bond donors (Lipinski definition) is 1. The van der Waals surface area contributed by atoms with Gasteiger partial charge in [-0.25, -0.2) is 0 Å². The molecule has 2 saturated heterocycles. The van der Waals surface area contributed by atoms with Crippen molar-refractivity contribution < 1.29 is 28.5 Å². The number of hydrogen-bond acceptors (Lipinski definition) is 8. The Bertz CT molecular complexity index is 1970. The highest BCUT2D eigenvalue weighted by atomic mass is 28.4. The second kappa shape index (κ2) is 13.4. The summed E-state index contributed by atoms with van der Waals surface area (Å²) in [5.41, 5.74) is 1.43. The topological polar surface area (TPSA) is 144 Å². The molecule has 0 aliphatic carbocycles. The number of carbonyl (C=O) groups is 2. The second-order valence-electron chi connectivity index (χ2n) is 14.3. The number of anilines is 2. The van der Waals surface area contributed by atoms with Crippen molar-refractivity contribution in [3.8, 4) is 0 Å². The summed E-state index contributed by atoms with van der Waals surface area (Å²) in [5, 5.41) is 30.7. The molecule has 0 bridgehead atoms. The monoisotopic (exact) mass is 712 g/mol. The first kappa shape index (κ1) is 34.6. The average molecular weight is 713 g/mol. The van der Waals surface area contributed by atoms with Crippen molar-refractivity contribution >= 4 is 37.3 Å². The number of carbonyl (C=O) groups excluding carboxylic acids is 2. The van der Waals surface area contributed by atoms with Crippen LogP contribution in [0.25, 0.3) is 0 Å². The van der Waals surface area contributed by atoms with E-state index in [1.165, 1.54) is 12.1 Å². The lowest BCUT2D eigenvalue weighted by atomic mass is 9.82. The molecule has 1 aromatic heterocycles. The quantitative estimate of drug-likeness (QED) is 0.0883. The Hall–Kier alpha value is -4.79. The fraction of sp³-hybridized carbons (Fsp3) is 0.405. The van der Waals surface area contributed by atoms with Crippen molar-refractivity contribution in [2.24, 2.45) is 5.92 Å². The minimum atomic E-state index is -3.50. The predicted octanol–water partition coefficient (Wildman–Crippen LogP) is 5.85. The first-order chi connectivity index (χ1) is 24.4. The summed E-state index contributed by atoms with van der Waals surface area (Å²) in [6.45, 7) is 5.97. The summed E-state index contributed by atoms with van der Waals surface area (Å²) in [6, 6.07) is 21.4. The van der Waals surface area contributed by atoms with Crippen LogP contribution in [0.3, 0.4) is 0 Å². The smallest absolute Gasteiger partial charge is 0.269 e. The van der Waals surface area contributed by atoms with E-state index >= 15 is 4.11 Å². The number of halogens is 1. The molecule has 12 nitrogen and oxygen atoms in total. The molecule has 266 valence electrons. The van der Waals surface area contributed by atoms with Crippen LogP contribution in [-0.2, 0) is 33.0 Å². The van der Waals surface area contributed by atoms with E-state index in [1.54, 1.807) is 39.8 Å². The van der Waals surface area contributed by atoms with E-state index < -0.39 is 42.4 Å². The van der Waals surface area contributed by atoms with Gasteiger partial charge >= 0.3 is 0 Å². The van der Waals surface area contributed by atoms with Crippen molar-refractivity contribution in [2.75, 3.05) is 23.0 Å². The van der Waals surface area contributed by atoms with E-state index in [1.807, 2.05) is 61.5 Å². The first-order valence-electron chi connectivity index (χ1n) is 17.3. The van der Waals surface area contributed by atoms with Crippen LogP contribution < -0.4 is 9.80 Å². The molecule has 0 radical (unpaired) electrons. The van der Waals surface area contributed by atoms with Crippen LogP contribution >= 0.6 is 0 Å². The highest BCUT2D eigenvalue weighted by Crippen LogP contribution is 2.60. The Kier molecular flexibility index (Phi) is 9.10.